The van der Waals surface area contributed by atoms with E-state index >= 15 is 0 Å². The molecular formula is C27H30FN5O4. The minimum absolute atomic E-state index is 0.0589. The second-order valence-electron chi connectivity index (χ2n) is 9.57. The zero-order valence-corrected chi connectivity index (χ0v) is 21.2. The van der Waals surface area contributed by atoms with Crippen LogP contribution in [0, 0.1) is 19.7 Å². The number of urea groups is 1. The van der Waals surface area contributed by atoms with Crippen LogP contribution in [-0.2, 0) is 4.79 Å². The van der Waals surface area contributed by atoms with Gasteiger partial charge in [0.05, 0.1) is 5.56 Å². The molecule has 3 aromatic rings. The molecule has 1 aliphatic heterocycles. The summed E-state index contributed by atoms with van der Waals surface area (Å²) in [5.41, 5.74) is 3.28. The minimum atomic E-state index is -1.22. The van der Waals surface area contributed by atoms with Crippen molar-refractivity contribution in [2.24, 2.45) is 0 Å². The number of likely N-dealkylation sites (tertiary alicyclic amines) is 1. The third-order valence-corrected chi connectivity index (χ3v) is 6.57. The Balaban J connectivity index is 1.44. The summed E-state index contributed by atoms with van der Waals surface area (Å²) in [6.07, 6.45) is 2.66. The molecule has 0 radical (unpaired) electrons. The van der Waals surface area contributed by atoms with E-state index < -0.39 is 17.8 Å². The fraction of sp³-hybridized carbons (Fsp3) is 0.333. The molecular weight excluding hydrogens is 477 g/mol. The number of aryl methyl sites for hydroxylation is 2. The highest BCUT2D eigenvalue weighted by atomic mass is 19.1. The molecule has 3 amide bonds. The Morgan fingerprint density at radius 3 is 2.51 bits per heavy atom. The quantitative estimate of drug-likeness (QED) is 0.430. The second-order valence-corrected chi connectivity index (χ2v) is 9.57. The number of anilines is 2. The van der Waals surface area contributed by atoms with E-state index in [2.05, 4.69) is 29.6 Å². The summed E-state index contributed by atoms with van der Waals surface area (Å²) in [5, 5.41) is 19.0. The van der Waals surface area contributed by atoms with Crippen molar-refractivity contribution in [1.82, 2.24) is 14.7 Å². The number of carbonyl (C=O) groups is 3. The average molecular weight is 508 g/mol. The fourth-order valence-corrected chi connectivity index (χ4v) is 4.69. The lowest BCUT2D eigenvalue weighted by molar-refractivity contribution is -0.119. The maximum atomic E-state index is 14.5. The van der Waals surface area contributed by atoms with Gasteiger partial charge in [0.15, 0.2) is 5.82 Å². The number of amides is 3. The van der Waals surface area contributed by atoms with Crippen molar-refractivity contribution in [2.45, 2.75) is 52.5 Å². The molecule has 37 heavy (non-hydrogen) atoms. The van der Waals surface area contributed by atoms with Crippen LogP contribution < -0.4 is 10.6 Å². The van der Waals surface area contributed by atoms with E-state index in [0.29, 0.717) is 36.6 Å². The van der Waals surface area contributed by atoms with Gasteiger partial charge in [0.2, 0.25) is 5.91 Å². The van der Waals surface area contributed by atoms with Crippen molar-refractivity contribution in [3.63, 3.8) is 0 Å². The molecule has 194 valence electrons. The maximum absolute atomic E-state index is 14.5. The summed E-state index contributed by atoms with van der Waals surface area (Å²) < 4.78 is 15.8. The lowest BCUT2D eigenvalue weighted by Gasteiger charge is -2.24. The third kappa shape index (κ3) is 5.47. The highest BCUT2D eigenvalue weighted by Crippen LogP contribution is 2.25. The fourth-order valence-electron chi connectivity index (χ4n) is 4.69. The van der Waals surface area contributed by atoms with Crippen LogP contribution in [0.5, 0.6) is 0 Å². The predicted octanol–water partition coefficient (Wildman–Crippen LogP) is 5.08. The van der Waals surface area contributed by atoms with Gasteiger partial charge in [-0.05, 0) is 73.6 Å². The van der Waals surface area contributed by atoms with Crippen LogP contribution in [0.3, 0.4) is 0 Å². The van der Waals surface area contributed by atoms with Crippen LogP contribution in [0.2, 0.25) is 0 Å². The Morgan fingerprint density at radius 1 is 1.08 bits per heavy atom. The van der Waals surface area contributed by atoms with E-state index in [1.807, 2.05) is 25.1 Å². The molecule has 2 aromatic carbocycles. The van der Waals surface area contributed by atoms with Crippen molar-refractivity contribution in [1.29, 1.82) is 0 Å². The molecule has 2 heterocycles. The molecule has 0 spiro atoms. The number of rotatable bonds is 6. The Labute approximate surface area is 214 Å². The normalized spacial score (nSPS) is 15.2. The molecule has 1 aliphatic rings. The van der Waals surface area contributed by atoms with Crippen LogP contribution >= 0.6 is 0 Å². The highest BCUT2D eigenvalue weighted by molar-refractivity contribution is 5.99. The molecule has 0 aliphatic carbocycles. The number of hydrogen-bond acceptors (Lipinski definition) is 4. The average Bonchev–Trinajstić information content (AvgIpc) is 3.50. The van der Waals surface area contributed by atoms with Gasteiger partial charge < -0.3 is 20.6 Å². The first-order chi connectivity index (χ1) is 17.5. The van der Waals surface area contributed by atoms with E-state index in [0.717, 1.165) is 11.6 Å². The Morgan fingerprint density at radius 2 is 1.84 bits per heavy atom. The summed E-state index contributed by atoms with van der Waals surface area (Å²) in [6, 6.07) is 8.60. The van der Waals surface area contributed by atoms with Crippen molar-refractivity contribution in [3.05, 3.63) is 70.7 Å². The molecule has 9 nitrogen and oxygen atoms in total. The molecule has 1 saturated heterocycles. The molecule has 1 fully saturated rings. The van der Waals surface area contributed by atoms with Gasteiger partial charge in [-0.1, -0.05) is 19.9 Å². The molecule has 3 N–H and O–H groups in total. The first kappa shape index (κ1) is 25.9. The lowest BCUT2D eigenvalue weighted by Crippen LogP contribution is -2.45. The minimum Gasteiger partial charge on any atom is -0.478 e. The summed E-state index contributed by atoms with van der Waals surface area (Å²) in [4.78, 5) is 38.7. The van der Waals surface area contributed by atoms with Crippen LogP contribution in [-0.4, -0.2) is 50.3 Å². The summed E-state index contributed by atoms with van der Waals surface area (Å²) in [6.45, 7) is 8.25. The monoisotopic (exact) mass is 507 g/mol. The summed E-state index contributed by atoms with van der Waals surface area (Å²) in [5.74, 6) is -1.79. The Bertz CT molecular complexity index is 1370. The zero-order chi connectivity index (χ0) is 26.9. The van der Waals surface area contributed by atoms with Gasteiger partial charge >= 0.3 is 12.0 Å². The second kappa shape index (κ2) is 10.4. The largest absolute Gasteiger partial charge is 0.478 e. The number of benzene rings is 2. The van der Waals surface area contributed by atoms with Gasteiger partial charge in [-0.15, -0.1) is 5.10 Å². The van der Waals surface area contributed by atoms with Crippen LogP contribution in [0.25, 0.3) is 5.69 Å². The summed E-state index contributed by atoms with van der Waals surface area (Å²) >= 11 is 0. The van der Waals surface area contributed by atoms with Gasteiger partial charge in [-0.2, -0.15) is 0 Å². The number of carbonyl (C=O) groups excluding carboxylic acids is 2. The highest BCUT2D eigenvalue weighted by Gasteiger charge is 2.34. The first-order valence-electron chi connectivity index (χ1n) is 12.1. The van der Waals surface area contributed by atoms with E-state index in [-0.39, 0.29) is 29.0 Å². The van der Waals surface area contributed by atoms with Crippen molar-refractivity contribution >= 4 is 29.4 Å². The van der Waals surface area contributed by atoms with E-state index in [4.69, 9.17) is 0 Å². The first-order valence-corrected chi connectivity index (χ1v) is 12.1. The third-order valence-electron chi connectivity index (χ3n) is 6.57. The molecule has 0 unspecified atom stereocenters. The van der Waals surface area contributed by atoms with Crippen molar-refractivity contribution in [2.75, 3.05) is 17.2 Å². The number of aromatic carboxylic acids is 1. The van der Waals surface area contributed by atoms with E-state index in [1.165, 1.54) is 33.5 Å². The number of halogens is 1. The standard InChI is InChI=1S/C27H30FN5O4/c1-15(2)19-8-7-18(12-16(19)3)29-27(37)32-10-5-6-22(32)25(34)30-24-9-11-33(31-24)23-13-17(4)20(26(35)36)14-21(23)28/h7-9,11-15,22H,5-6,10H2,1-4H3,(H,29,37)(H,35,36)(H,30,31,34)/t22-/m0/s1. The lowest BCUT2D eigenvalue weighted by atomic mass is 9.98. The van der Waals surface area contributed by atoms with Gasteiger partial charge in [0.25, 0.3) is 0 Å². The van der Waals surface area contributed by atoms with Crippen LogP contribution in [0.4, 0.5) is 20.7 Å². The smallest absolute Gasteiger partial charge is 0.336 e. The molecule has 1 atom stereocenters. The van der Waals surface area contributed by atoms with Gasteiger partial charge in [0.1, 0.15) is 17.5 Å². The number of nitrogens with zero attached hydrogens (tertiary/aromatic N) is 3. The van der Waals surface area contributed by atoms with Crippen LogP contribution in [0.15, 0.2) is 42.6 Å². The molecule has 0 saturated carbocycles. The van der Waals surface area contributed by atoms with Gasteiger partial charge in [-0.25, -0.2) is 18.7 Å². The zero-order valence-electron chi connectivity index (χ0n) is 21.2. The number of hydrogen-bond donors (Lipinski definition) is 3. The van der Waals surface area contributed by atoms with Crippen molar-refractivity contribution < 1.29 is 23.9 Å². The number of nitrogens with one attached hydrogen (secondary N) is 2. The molecule has 1 aromatic heterocycles. The van der Waals surface area contributed by atoms with Crippen LogP contribution in [0.1, 0.15) is 59.7 Å². The Kier molecular flexibility index (Phi) is 7.28. The van der Waals surface area contributed by atoms with E-state index in [9.17, 15) is 23.9 Å². The Hall–Kier alpha value is -4.21. The molecule has 0 bridgehead atoms. The number of aromatic nitrogens is 2. The van der Waals surface area contributed by atoms with Crippen molar-refractivity contribution in [3.8, 4) is 5.69 Å². The predicted molar refractivity (Wildman–Crippen MR) is 138 cm³/mol. The SMILES string of the molecule is Cc1cc(-n2ccc(NC(=O)[C@@H]3CCCN3C(=O)Nc3ccc(C(C)C)c(C)c3)n2)c(F)cc1C(=O)O. The number of carboxylic acids is 1. The van der Waals surface area contributed by atoms with Gasteiger partial charge in [0, 0.05) is 24.5 Å². The molecule has 10 heteroatoms. The topological polar surface area (TPSA) is 117 Å². The summed E-state index contributed by atoms with van der Waals surface area (Å²) in [7, 11) is 0. The maximum Gasteiger partial charge on any atom is 0.336 e. The molecule has 4 rings (SSSR count). The van der Waals surface area contributed by atoms with E-state index in [1.54, 1.807) is 6.92 Å². The van der Waals surface area contributed by atoms with Gasteiger partial charge in [-0.3, -0.25) is 4.79 Å². The number of carboxylic acid groups (broad SMARTS) is 1.